The van der Waals surface area contributed by atoms with E-state index in [2.05, 4.69) is 9.80 Å². The van der Waals surface area contributed by atoms with Crippen LogP contribution in [-0.4, -0.2) is 89.6 Å². The second-order valence-corrected chi connectivity index (χ2v) is 11.2. The van der Waals surface area contributed by atoms with Crippen molar-refractivity contribution in [1.29, 1.82) is 0 Å². The first-order valence-corrected chi connectivity index (χ1v) is 14.6. The molecule has 2 aromatic carbocycles. The number of hydrogen-bond acceptors (Lipinski definition) is 5. The van der Waals surface area contributed by atoms with E-state index in [4.69, 9.17) is 0 Å². The van der Waals surface area contributed by atoms with Gasteiger partial charge in [-0.2, -0.15) is 26.3 Å². The Hall–Kier alpha value is -3.45. The Balaban J connectivity index is 1.08. The SMILES string of the molecule is O=C(CCC(=O)N1CCN(Cc2ccc(C(F)(F)F)cc2)CC1)CCC(=O)N1CCN(Cc2ccc(C(F)(F)F)cc2)CC1. The van der Waals surface area contributed by atoms with Crippen LogP contribution in [0, 0.1) is 0 Å². The zero-order valence-corrected chi connectivity index (χ0v) is 24.3. The number of Topliss-reactive ketones (excluding diaryl/α,β-unsaturated/α-hetero) is 1. The predicted molar refractivity (Wildman–Crippen MR) is 150 cm³/mol. The zero-order valence-electron chi connectivity index (χ0n) is 24.3. The topological polar surface area (TPSA) is 64.2 Å². The van der Waals surface area contributed by atoms with Crippen molar-refractivity contribution < 1.29 is 40.7 Å². The van der Waals surface area contributed by atoms with E-state index < -0.39 is 23.5 Å². The van der Waals surface area contributed by atoms with Gasteiger partial charge in [-0.1, -0.05) is 24.3 Å². The summed E-state index contributed by atoms with van der Waals surface area (Å²) < 4.78 is 76.5. The van der Waals surface area contributed by atoms with E-state index in [-0.39, 0.29) is 43.3 Å². The van der Waals surface area contributed by atoms with Crippen LogP contribution in [0.25, 0.3) is 0 Å². The molecule has 0 unspecified atom stereocenters. The highest BCUT2D eigenvalue weighted by atomic mass is 19.4. The molecule has 7 nitrogen and oxygen atoms in total. The van der Waals surface area contributed by atoms with Crippen LogP contribution in [0.4, 0.5) is 26.3 Å². The monoisotopic (exact) mass is 626 g/mol. The molecule has 2 amide bonds. The summed E-state index contributed by atoms with van der Waals surface area (Å²) >= 11 is 0. The third-order valence-corrected chi connectivity index (χ3v) is 8.06. The lowest BCUT2D eigenvalue weighted by atomic mass is 10.1. The smallest absolute Gasteiger partial charge is 0.340 e. The van der Waals surface area contributed by atoms with Crippen molar-refractivity contribution in [2.24, 2.45) is 0 Å². The van der Waals surface area contributed by atoms with Crippen LogP contribution in [0.1, 0.15) is 47.9 Å². The van der Waals surface area contributed by atoms with Gasteiger partial charge in [0.15, 0.2) is 0 Å². The summed E-state index contributed by atoms with van der Waals surface area (Å²) in [5, 5.41) is 0. The summed E-state index contributed by atoms with van der Waals surface area (Å²) in [6.07, 6.45) is -8.51. The van der Waals surface area contributed by atoms with Crippen LogP contribution in [-0.2, 0) is 39.8 Å². The molecule has 44 heavy (non-hydrogen) atoms. The van der Waals surface area contributed by atoms with Gasteiger partial charge in [-0.15, -0.1) is 0 Å². The van der Waals surface area contributed by atoms with Crippen LogP contribution >= 0.6 is 0 Å². The van der Waals surface area contributed by atoms with Gasteiger partial charge in [-0.05, 0) is 35.4 Å². The second-order valence-electron chi connectivity index (χ2n) is 11.2. The van der Waals surface area contributed by atoms with E-state index in [1.165, 1.54) is 24.3 Å². The molecule has 0 N–H and O–H groups in total. The van der Waals surface area contributed by atoms with Gasteiger partial charge in [-0.3, -0.25) is 24.2 Å². The first kappa shape index (κ1) is 33.4. The molecule has 0 aliphatic carbocycles. The minimum absolute atomic E-state index is 0.0544. The minimum Gasteiger partial charge on any atom is -0.340 e. The summed E-state index contributed by atoms with van der Waals surface area (Å²) in [5.74, 6) is -0.431. The molecule has 13 heteroatoms. The molecule has 0 radical (unpaired) electrons. The van der Waals surface area contributed by atoms with E-state index in [0.29, 0.717) is 65.4 Å². The summed E-state index contributed by atoms with van der Waals surface area (Å²) in [4.78, 5) is 45.2. The average Bonchev–Trinajstić information content (AvgIpc) is 2.99. The van der Waals surface area contributed by atoms with Crippen LogP contribution in [0.15, 0.2) is 48.5 Å². The number of nitrogens with zero attached hydrogens (tertiary/aromatic N) is 4. The van der Waals surface area contributed by atoms with E-state index in [9.17, 15) is 40.7 Å². The Morgan fingerprint density at radius 1 is 0.500 bits per heavy atom. The van der Waals surface area contributed by atoms with Crippen molar-refractivity contribution in [2.75, 3.05) is 52.4 Å². The van der Waals surface area contributed by atoms with Crippen molar-refractivity contribution in [2.45, 2.75) is 51.1 Å². The maximum atomic E-state index is 12.8. The van der Waals surface area contributed by atoms with E-state index >= 15 is 0 Å². The van der Waals surface area contributed by atoms with Crippen molar-refractivity contribution >= 4 is 17.6 Å². The van der Waals surface area contributed by atoms with Gasteiger partial charge in [0.05, 0.1) is 11.1 Å². The lowest BCUT2D eigenvalue weighted by Gasteiger charge is -2.35. The Morgan fingerprint density at radius 3 is 1.11 bits per heavy atom. The molecule has 0 saturated carbocycles. The van der Waals surface area contributed by atoms with Gasteiger partial charge in [0.2, 0.25) is 11.8 Å². The molecule has 2 aliphatic rings. The van der Waals surface area contributed by atoms with Gasteiger partial charge in [0.25, 0.3) is 0 Å². The van der Waals surface area contributed by atoms with Crippen molar-refractivity contribution in [3.05, 3.63) is 70.8 Å². The lowest BCUT2D eigenvalue weighted by Crippen LogP contribution is -2.48. The third kappa shape index (κ3) is 9.78. The van der Waals surface area contributed by atoms with Crippen LogP contribution < -0.4 is 0 Å². The van der Waals surface area contributed by atoms with Gasteiger partial charge in [0.1, 0.15) is 5.78 Å². The van der Waals surface area contributed by atoms with Gasteiger partial charge in [0, 0.05) is 91.1 Å². The molecule has 2 aromatic rings. The van der Waals surface area contributed by atoms with E-state index in [1.54, 1.807) is 9.80 Å². The van der Waals surface area contributed by atoms with E-state index in [1.807, 2.05) is 0 Å². The molecular formula is C31H36F6N4O3. The van der Waals surface area contributed by atoms with Crippen LogP contribution in [0.5, 0.6) is 0 Å². The summed E-state index contributed by atoms with van der Waals surface area (Å²) in [5.41, 5.74) is 0.146. The van der Waals surface area contributed by atoms with Crippen molar-refractivity contribution in [3.8, 4) is 0 Å². The Morgan fingerprint density at radius 2 is 0.818 bits per heavy atom. The number of alkyl halides is 6. The molecule has 0 bridgehead atoms. The number of carbonyl (C=O) groups excluding carboxylic acids is 3. The average molecular weight is 627 g/mol. The Kier molecular flexibility index (Phi) is 11.1. The molecule has 0 aromatic heterocycles. The van der Waals surface area contributed by atoms with Gasteiger partial charge >= 0.3 is 12.4 Å². The number of benzene rings is 2. The number of piperazine rings is 2. The maximum Gasteiger partial charge on any atom is 0.416 e. The summed E-state index contributed by atoms with van der Waals surface area (Å²) in [6.45, 7) is 5.16. The molecule has 240 valence electrons. The number of amides is 2. The number of rotatable bonds is 10. The lowest BCUT2D eigenvalue weighted by molar-refractivity contribution is -0.138. The number of carbonyl (C=O) groups is 3. The highest BCUT2D eigenvalue weighted by molar-refractivity contribution is 5.88. The first-order valence-electron chi connectivity index (χ1n) is 14.6. The fourth-order valence-electron chi connectivity index (χ4n) is 5.36. The zero-order chi connectivity index (χ0) is 31.9. The van der Waals surface area contributed by atoms with Gasteiger partial charge < -0.3 is 9.80 Å². The normalized spacial score (nSPS) is 17.1. The van der Waals surface area contributed by atoms with Crippen LogP contribution in [0.2, 0.25) is 0 Å². The summed E-state index contributed by atoms with van der Waals surface area (Å²) in [6, 6.07) is 10.1. The first-order chi connectivity index (χ1) is 20.8. The fourth-order valence-corrected chi connectivity index (χ4v) is 5.36. The largest absolute Gasteiger partial charge is 0.416 e. The molecule has 0 atom stereocenters. The number of halogens is 6. The molecular weight excluding hydrogens is 590 g/mol. The van der Waals surface area contributed by atoms with Gasteiger partial charge in [-0.25, -0.2) is 0 Å². The van der Waals surface area contributed by atoms with Crippen LogP contribution in [0.3, 0.4) is 0 Å². The minimum atomic E-state index is -4.37. The van der Waals surface area contributed by atoms with E-state index in [0.717, 1.165) is 35.4 Å². The maximum absolute atomic E-state index is 12.8. The number of ketones is 1. The standard InChI is InChI=1S/C31H36F6N4O3/c32-30(33,34)25-5-1-23(2-6-25)21-38-13-17-40(18-14-38)28(43)11-9-27(42)10-12-29(44)41-19-15-39(16-20-41)22-24-3-7-26(8-4-24)31(35,36)37/h1-8H,9-22H2. The molecule has 2 aliphatic heterocycles. The molecule has 2 heterocycles. The van der Waals surface area contributed by atoms with Crippen molar-refractivity contribution in [1.82, 2.24) is 19.6 Å². The Labute approximate surface area is 252 Å². The molecule has 4 rings (SSSR count). The highest BCUT2D eigenvalue weighted by Crippen LogP contribution is 2.30. The quantitative estimate of drug-likeness (QED) is 0.354. The molecule has 2 fully saturated rings. The number of hydrogen-bond donors (Lipinski definition) is 0. The summed E-state index contributed by atoms with van der Waals surface area (Å²) in [7, 11) is 0. The predicted octanol–water partition coefficient (Wildman–Crippen LogP) is 4.84. The third-order valence-electron chi connectivity index (χ3n) is 8.06. The molecule has 2 saturated heterocycles. The molecule has 0 spiro atoms. The Bertz CT molecular complexity index is 1170. The van der Waals surface area contributed by atoms with Crippen molar-refractivity contribution in [3.63, 3.8) is 0 Å². The second kappa shape index (κ2) is 14.6. The fraction of sp³-hybridized carbons (Fsp3) is 0.516. The highest BCUT2D eigenvalue weighted by Gasteiger charge is 2.31.